The third kappa shape index (κ3) is 4.76. The van der Waals surface area contributed by atoms with Crippen molar-refractivity contribution in [3.8, 4) is 5.75 Å². The lowest BCUT2D eigenvalue weighted by atomic mass is 9.99. The molecule has 22 heavy (non-hydrogen) atoms. The van der Waals surface area contributed by atoms with Crippen molar-refractivity contribution in [2.24, 2.45) is 5.73 Å². The lowest BCUT2D eigenvalue weighted by Gasteiger charge is -2.14. The van der Waals surface area contributed by atoms with E-state index in [0.29, 0.717) is 11.1 Å². The molecule has 0 amide bonds. The minimum absolute atomic E-state index is 0. The van der Waals surface area contributed by atoms with E-state index in [1.807, 2.05) is 0 Å². The highest BCUT2D eigenvalue weighted by atomic mass is 35.5. The smallest absolute Gasteiger partial charge is 0.406 e. The Morgan fingerprint density at radius 1 is 1.00 bits per heavy atom. The van der Waals surface area contributed by atoms with Crippen LogP contribution in [0, 0.1) is 5.82 Å². The van der Waals surface area contributed by atoms with Crippen molar-refractivity contribution in [3.63, 3.8) is 0 Å². The van der Waals surface area contributed by atoms with E-state index in [4.69, 9.17) is 17.3 Å². The van der Waals surface area contributed by atoms with E-state index in [1.54, 1.807) is 6.07 Å². The van der Waals surface area contributed by atoms with E-state index < -0.39 is 18.2 Å². The van der Waals surface area contributed by atoms with Gasteiger partial charge in [0.05, 0.1) is 11.1 Å². The molecule has 2 N–H and O–H groups in total. The van der Waals surface area contributed by atoms with Gasteiger partial charge in [0.1, 0.15) is 11.6 Å². The van der Waals surface area contributed by atoms with Crippen LogP contribution in [0.1, 0.15) is 17.2 Å². The van der Waals surface area contributed by atoms with Crippen LogP contribution in [0.3, 0.4) is 0 Å². The molecule has 120 valence electrons. The van der Waals surface area contributed by atoms with Gasteiger partial charge < -0.3 is 10.5 Å². The quantitative estimate of drug-likeness (QED) is 0.799. The molecule has 2 nitrogen and oxygen atoms in total. The van der Waals surface area contributed by atoms with Gasteiger partial charge >= 0.3 is 6.36 Å². The second kappa shape index (κ2) is 7.17. The Kier molecular flexibility index (Phi) is 6.05. The Morgan fingerprint density at radius 2 is 1.55 bits per heavy atom. The number of halogens is 6. The number of nitrogens with two attached hydrogens (primary N) is 1. The molecular formula is C14H11Cl2F4NO. The average molecular weight is 356 g/mol. The fourth-order valence-electron chi connectivity index (χ4n) is 1.78. The first-order valence-electron chi connectivity index (χ1n) is 5.82. The fraction of sp³-hybridized carbons (Fsp3) is 0.143. The van der Waals surface area contributed by atoms with Gasteiger partial charge in [-0.25, -0.2) is 4.39 Å². The zero-order valence-corrected chi connectivity index (χ0v) is 12.5. The Morgan fingerprint density at radius 3 is 2.05 bits per heavy atom. The molecule has 8 heteroatoms. The summed E-state index contributed by atoms with van der Waals surface area (Å²) < 4.78 is 53.3. The molecule has 0 radical (unpaired) electrons. The van der Waals surface area contributed by atoms with Crippen LogP contribution in [0.5, 0.6) is 5.75 Å². The molecular weight excluding hydrogens is 345 g/mol. The molecule has 2 rings (SSSR count). The van der Waals surface area contributed by atoms with Crippen molar-refractivity contribution in [3.05, 3.63) is 64.4 Å². The maximum absolute atomic E-state index is 13.4. The number of ether oxygens (including phenoxy) is 1. The van der Waals surface area contributed by atoms with Crippen LogP contribution in [0.15, 0.2) is 42.5 Å². The highest BCUT2D eigenvalue weighted by molar-refractivity contribution is 6.30. The Hall–Kier alpha value is -1.50. The molecule has 0 spiro atoms. The molecule has 0 aliphatic heterocycles. The van der Waals surface area contributed by atoms with Crippen molar-refractivity contribution >= 4 is 24.0 Å². The molecule has 1 atom stereocenters. The maximum Gasteiger partial charge on any atom is 0.573 e. The maximum atomic E-state index is 13.4. The van der Waals surface area contributed by atoms with Crippen LogP contribution in [0.2, 0.25) is 5.02 Å². The van der Waals surface area contributed by atoms with E-state index in [9.17, 15) is 17.6 Å². The molecule has 0 aliphatic rings. The SMILES string of the molecule is Cl.N[C@H](c1ccc(OC(F)(F)F)cc1)c1ccc(Cl)c(F)c1. The lowest BCUT2D eigenvalue weighted by molar-refractivity contribution is -0.274. The normalized spacial score (nSPS) is 12.5. The summed E-state index contributed by atoms with van der Waals surface area (Å²) in [6, 6.07) is 8.49. The summed E-state index contributed by atoms with van der Waals surface area (Å²) in [5.41, 5.74) is 6.92. The monoisotopic (exact) mass is 355 g/mol. The fourth-order valence-corrected chi connectivity index (χ4v) is 1.89. The van der Waals surface area contributed by atoms with Crippen molar-refractivity contribution in [1.82, 2.24) is 0 Å². The third-order valence-corrected chi connectivity index (χ3v) is 3.08. The lowest BCUT2D eigenvalue weighted by Crippen LogP contribution is -2.17. The van der Waals surface area contributed by atoms with Gasteiger partial charge in [0, 0.05) is 0 Å². The summed E-state index contributed by atoms with van der Waals surface area (Å²) in [6.45, 7) is 0. The van der Waals surface area contributed by atoms with Gasteiger partial charge in [-0.15, -0.1) is 25.6 Å². The molecule has 0 fully saturated rings. The number of hydrogen-bond acceptors (Lipinski definition) is 2. The molecule has 0 saturated carbocycles. The van der Waals surface area contributed by atoms with E-state index >= 15 is 0 Å². The summed E-state index contributed by atoms with van der Waals surface area (Å²) in [7, 11) is 0. The summed E-state index contributed by atoms with van der Waals surface area (Å²) in [5, 5.41) is -0.0279. The van der Waals surface area contributed by atoms with Gasteiger partial charge in [0.25, 0.3) is 0 Å². The summed E-state index contributed by atoms with van der Waals surface area (Å²) in [6.07, 6.45) is -4.75. The Balaban J connectivity index is 0.00000242. The molecule has 0 unspecified atom stereocenters. The predicted molar refractivity (Wildman–Crippen MR) is 77.8 cm³/mol. The first kappa shape index (κ1) is 18.5. The largest absolute Gasteiger partial charge is 0.573 e. The highest BCUT2D eigenvalue weighted by Gasteiger charge is 2.31. The van der Waals surface area contributed by atoms with Crippen LogP contribution >= 0.6 is 24.0 Å². The highest BCUT2D eigenvalue weighted by Crippen LogP contribution is 2.27. The molecule has 2 aromatic rings. The summed E-state index contributed by atoms with van der Waals surface area (Å²) >= 11 is 5.57. The minimum Gasteiger partial charge on any atom is -0.406 e. The zero-order chi connectivity index (χ0) is 15.6. The van der Waals surface area contributed by atoms with Gasteiger partial charge in [0.15, 0.2) is 0 Å². The third-order valence-electron chi connectivity index (χ3n) is 2.78. The van der Waals surface area contributed by atoms with Crippen LogP contribution < -0.4 is 10.5 Å². The second-order valence-corrected chi connectivity index (χ2v) is 4.68. The Labute approximate surface area is 135 Å². The first-order chi connectivity index (χ1) is 9.76. The molecule has 0 aromatic heterocycles. The predicted octanol–water partition coefficient (Wildman–Crippen LogP) is 4.85. The number of hydrogen-bond donors (Lipinski definition) is 1. The average Bonchev–Trinajstić information content (AvgIpc) is 2.40. The van der Waals surface area contributed by atoms with Crippen LogP contribution in [0.4, 0.5) is 17.6 Å². The summed E-state index contributed by atoms with van der Waals surface area (Å²) in [4.78, 5) is 0. The van der Waals surface area contributed by atoms with Gasteiger partial charge in [-0.1, -0.05) is 29.8 Å². The second-order valence-electron chi connectivity index (χ2n) is 4.27. The van der Waals surface area contributed by atoms with Crippen molar-refractivity contribution in [2.45, 2.75) is 12.4 Å². The zero-order valence-electron chi connectivity index (χ0n) is 10.9. The van der Waals surface area contributed by atoms with Crippen LogP contribution in [-0.4, -0.2) is 6.36 Å². The van der Waals surface area contributed by atoms with E-state index in [0.717, 1.165) is 12.1 Å². The van der Waals surface area contributed by atoms with E-state index in [-0.39, 0.29) is 23.2 Å². The first-order valence-corrected chi connectivity index (χ1v) is 6.20. The molecule has 0 bridgehead atoms. The number of alkyl halides is 3. The van der Waals surface area contributed by atoms with Gasteiger partial charge in [0.2, 0.25) is 0 Å². The summed E-state index contributed by atoms with van der Waals surface area (Å²) in [5.74, 6) is -0.956. The number of benzene rings is 2. The molecule has 0 heterocycles. The van der Waals surface area contributed by atoms with Gasteiger partial charge in [-0.05, 0) is 35.4 Å². The van der Waals surface area contributed by atoms with Gasteiger partial charge in [-0.3, -0.25) is 0 Å². The van der Waals surface area contributed by atoms with Crippen molar-refractivity contribution < 1.29 is 22.3 Å². The number of rotatable bonds is 3. The molecule has 0 aliphatic carbocycles. The topological polar surface area (TPSA) is 35.2 Å². The van der Waals surface area contributed by atoms with E-state index in [2.05, 4.69) is 4.74 Å². The van der Waals surface area contributed by atoms with Crippen molar-refractivity contribution in [1.29, 1.82) is 0 Å². The molecule has 2 aromatic carbocycles. The standard InChI is InChI=1S/C14H10ClF4NO.ClH/c15-11-6-3-9(7-12(11)16)13(20)8-1-4-10(5-2-8)21-14(17,18)19;/h1-7,13H,20H2;1H/t13-;/m1./s1. The van der Waals surface area contributed by atoms with Crippen LogP contribution in [0.25, 0.3) is 0 Å². The van der Waals surface area contributed by atoms with Gasteiger partial charge in [-0.2, -0.15) is 0 Å². The van der Waals surface area contributed by atoms with Crippen molar-refractivity contribution in [2.75, 3.05) is 0 Å². The minimum atomic E-state index is -4.75. The van der Waals surface area contributed by atoms with Crippen LogP contribution in [-0.2, 0) is 0 Å². The Bertz CT molecular complexity index is 632. The van der Waals surface area contributed by atoms with E-state index in [1.165, 1.54) is 24.3 Å². The molecule has 0 saturated heterocycles.